The van der Waals surface area contributed by atoms with Crippen molar-refractivity contribution >= 4 is 11.3 Å². The van der Waals surface area contributed by atoms with E-state index in [9.17, 15) is 0 Å². The van der Waals surface area contributed by atoms with Gasteiger partial charge in [0, 0.05) is 22.3 Å². The third kappa shape index (κ3) is 3.03. The summed E-state index contributed by atoms with van der Waals surface area (Å²) in [7, 11) is 0. The molecule has 1 heterocycles. The molecule has 2 rings (SSSR count). The smallest absolute Gasteiger partial charge is 0.0516 e. The zero-order valence-electron chi connectivity index (χ0n) is 9.33. The molecule has 1 aliphatic carbocycles. The highest BCUT2D eigenvalue weighted by molar-refractivity contribution is 7.12. The summed E-state index contributed by atoms with van der Waals surface area (Å²) < 4.78 is 0. The maximum Gasteiger partial charge on any atom is 0.0516 e. The van der Waals surface area contributed by atoms with Crippen LogP contribution in [0.2, 0.25) is 0 Å². The molecule has 1 unspecified atom stereocenters. The van der Waals surface area contributed by atoms with E-state index in [0.717, 1.165) is 12.6 Å². The van der Waals surface area contributed by atoms with E-state index in [0.29, 0.717) is 0 Å². The average molecular weight is 224 g/mol. The van der Waals surface area contributed by atoms with Crippen molar-refractivity contribution in [2.75, 3.05) is 6.54 Å². The van der Waals surface area contributed by atoms with Crippen molar-refractivity contribution in [3.8, 4) is 0 Å². The number of thiophene rings is 1. The minimum absolute atomic E-state index is 0.171. The van der Waals surface area contributed by atoms with Crippen LogP contribution in [0.3, 0.4) is 0 Å². The van der Waals surface area contributed by atoms with Gasteiger partial charge in [0.25, 0.3) is 0 Å². The molecule has 15 heavy (non-hydrogen) atoms. The van der Waals surface area contributed by atoms with Crippen LogP contribution in [0.15, 0.2) is 12.1 Å². The number of nitrogens with one attached hydrogen (secondary N) is 1. The zero-order valence-corrected chi connectivity index (χ0v) is 10.1. The quantitative estimate of drug-likeness (QED) is 0.825. The van der Waals surface area contributed by atoms with Gasteiger partial charge in [-0.3, -0.25) is 0 Å². The standard InChI is InChI=1S/C12H20N2S/c1-9-6-7-12(15-9)11(13)8-14-10-4-2-3-5-10/h6-7,10-11,14H,2-5,8,13H2,1H3. The lowest BCUT2D eigenvalue weighted by molar-refractivity contribution is 0.495. The third-order valence-electron chi connectivity index (χ3n) is 3.11. The van der Waals surface area contributed by atoms with Crippen LogP contribution in [0.1, 0.15) is 41.5 Å². The van der Waals surface area contributed by atoms with Crippen molar-refractivity contribution in [3.63, 3.8) is 0 Å². The van der Waals surface area contributed by atoms with E-state index in [-0.39, 0.29) is 6.04 Å². The number of hydrogen-bond acceptors (Lipinski definition) is 3. The maximum absolute atomic E-state index is 6.13. The van der Waals surface area contributed by atoms with Crippen LogP contribution < -0.4 is 11.1 Å². The molecule has 1 saturated carbocycles. The Morgan fingerprint density at radius 1 is 1.47 bits per heavy atom. The largest absolute Gasteiger partial charge is 0.322 e. The van der Waals surface area contributed by atoms with Crippen molar-refractivity contribution in [1.29, 1.82) is 0 Å². The molecule has 0 radical (unpaired) electrons. The molecule has 2 nitrogen and oxygen atoms in total. The van der Waals surface area contributed by atoms with E-state index in [1.54, 1.807) is 0 Å². The first-order valence-electron chi connectivity index (χ1n) is 5.81. The SMILES string of the molecule is Cc1ccc(C(N)CNC2CCCC2)s1. The van der Waals surface area contributed by atoms with Crippen molar-refractivity contribution in [1.82, 2.24) is 5.32 Å². The molecule has 0 amide bonds. The van der Waals surface area contributed by atoms with Crippen molar-refractivity contribution in [2.24, 2.45) is 5.73 Å². The Labute approximate surface area is 95.9 Å². The predicted molar refractivity (Wildman–Crippen MR) is 66.2 cm³/mol. The molecule has 0 aliphatic heterocycles. The summed E-state index contributed by atoms with van der Waals surface area (Å²) in [4.78, 5) is 2.65. The minimum atomic E-state index is 0.171. The van der Waals surface area contributed by atoms with E-state index in [1.165, 1.54) is 35.4 Å². The molecule has 1 fully saturated rings. The van der Waals surface area contributed by atoms with E-state index < -0.39 is 0 Å². The van der Waals surface area contributed by atoms with Gasteiger partial charge in [-0.1, -0.05) is 12.8 Å². The fourth-order valence-electron chi connectivity index (χ4n) is 2.18. The Balaban J connectivity index is 1.79. The highest BCUT2D eigenvalue weighted by atomic mass is 32.1. The molecular formula is C12H20N2S. The molecule has 1 aromatic rings. The molecule has 0 bridgehead atoms. The maximum atomic E-state index is 6.13. The van der Waals surface area contributed by atoms with Crippen LogP contribution in [0.25, 0.3) is 0 Å². The highest BCUT2D eigenvalue weighted by Gasteiger charge is 2.16. The Bertz CT molecular complexity index is 302. The molecule has 0 spiro atoms. The fourth-order valence-corrected chi connectivity index (χ4v) is 3.06. The first kappa shape index (κ1) is 11.1. The van der Waals surface area contributed by atoms with Crippen LogP contribution in [0, 0.1) is 6.92 Å². The number of hydrogen-bond donors (Lipinski definition) is 2. The van der Waals surface area contributed by atoms with Gasteiger partial charge in [0.2, 0.25) is 0 Å². The molecule has 3 N–H and O–H groups in total. The van der Waals surface area contributed by atoms with E-state index in [1.807, 2.05) is 11.3 Å². The molecule has 0 saturated heterocycles. The van der Waals surface area contributed by atoms with Gasteiger partial charge in [0.05, 0.1) is 6.04 Å². The van der Waals surface area contributed by atoms with Gasteiger partial charge in [-0.25, -0.2) is 0 Å². The highest BCUT2D eigenvalue weighted by Crippen LogP contribution is 2.22. The summed E-state index contributed by atoms with van der Waals surface area (Å²) in [6.45, 7) is 3.05. The molecule has 3 heteroatoms. The Morgan fingerprint density at radius 3 is 2.80 bits per heavy atom. The van der Waals surface area contributed by atoms with E-state index in [2.05, 4.69) is 24.4 Å². The van der Waals surface area contributed by atoms with Crippen LogP contribution >= 0.6 is 11.3 Å². The second kappa shape index (κ2) is 5.10. The van der Waals surface area contributed by atoms with Crippen molar-refractivity contribution < 1.29 is 0 Å². The van der Waals surface area contributed by atoms with Crippen LogP contribution in [0.5, 0.6) is 0 Å². The monoisotopic (exact) mass is 224 g/mol. The Morgan fingerprint density at radius 2 is 2.20 bits per heavy atom. The van der Waals surface area contributed by atoms with Crippen LogP contribution in [-0.2, 0) is 0 Å². The zero-order chi connectivity index (χ0) is 10.7. The lowest BCUT2D eigenvalue weighted by Gasteiger charge is -2.15. The van der Waals surface area contributed by atoms with Crippen molar-refractivity contribution in [3.05, 3.63) is 21.9 Å². The van der Waals surface area contributed by atoms with Gasteiger partial charge in [0.15, 0.2) is 0 Å². The van der Waals surface area contributed by atoms with Crippen LogP contribution in [0.4, 0.5) is 0 Å². The molecular weight excluding hydrogens is 204 g/mol. The third-order valence-corrected chi connectivity index (χ3v) is 4.24. The first-order valence-corrected chi connectivity index (χ1v) is 6.62. The van der Waals surface area contributed by atoms with Crippen molar-refractivity contribution in [2.45, 2.75) is 44.7 Å². The predicted octanol–water partition coefficient (Wildman–Crippen LogP) is 2.59. The van der Waals surface area contributed by atoms with E-state index in [4.69, 9.17) is 5.73 Å². The Kier molecular flexibility index (Phi) is 3.78. The first-order chi connectivity index (χ1) is 7.25. The normalized spacial score (nSPS) is 19.6. The number of rotatable bonds is 4. The summed E-state index contributed by atoms with van der Waals surface area (Å²) in [5.74, 6) is 0. The van der Waals surface area contributed by atoms with Gasteiger partial charge in [-0.2, -0.15) is 0 Å². The second-order valence-electron chi connectivity index (χ2n) is 4.44. The lowest BCUT2D eigenvalue weighted by atomic mass is 10.2. The van der Waals surface area contributed by atoms with Gasteiger partial charge in [-0.05, 0) is 31.9 Å². The molecule has 0 aromatic carbocycles. The van der Waals surface area contributed by atoms with Gasteiger partial charge in [-0.15, -0.1) is 11.3 Å². The molecule has 1 aliphatic rings. The molecule has 84 valence electrons. The minimum Gasteiger partial charge on any atom is -0.322 e. The lowest BCUT2D eigenvalue weighted by Crippen LogP contribution is -2.33. The summed E-state index contributed by atoms with van der Waals surface area (Å²) in [6.07, 6.45) is 5.42. The molecule has 1 atom stereocenters. The van der Waals surface area contributed by atoms with E-state index >= 15 is 0 Å². The fraction of sp³-hybridized carbons (Fsp3) is 0.667. The van der Waals surface area contributed by atoms with Crippen LogP contribution in [-0.4, -0.2) is 12.6 Å². The summed E-state index contributed by atoms with van der Waals surface area (Å²) in [5, 5.41) is 3.57. The summed E-state index contributed by atoms with van der Waals surface area (Å²) in [5.41, 5.74) is 6.13. The molecule has 1 aromatic heterocycles. The summed E-state index contributed by atoms with van der Waals surface area (Å²) in [6, 6.07) is 5.19. The van der Waals surface area contributed by atoms with Gasteiger partial charge >= 0.3 is 0 Å². The average Bonchev–Trinajstić information content (AvgIpc) is 2.84. The summed E-state index contributed by atoms with van der Waals surface area (Å²) >= 11 is 1.81. The topological polar surface area (TPSA) is 38.0 Å². The number of aryl methyl sites for hydroxylation is 1. The van der Waals surface area contributed by atoms with Gasteiger partial charge in [0.1, 0.15) is 0 Å². The second-order valence-corrected chi connectivity index (χ2v) is 5.76. The Hall–Kier alpha value is -0.380. The number of nitrogens with two attached hydrogens (primary N) is 1. The van der Waals surface area contributed by atoms with Gasteiger partial charge < -0.3 is 11.1 Å².